The number of benzene rings is 2. The van der Waals surface area contributed by atoms with Crippen molar-refractivity contribution in [2.45, 2.75) is 6.42 Å². The highest BCUT2D eigenvalue weighted by molar-refractivity contribution is 8.16. The standard InChI is InChI=1S/C24H17N3O6S/c1-25-24-26-27(18(12-34-24)17-8-13-4-2-3-5-19(13)33-23(17)31)21(29)9-14-10-22(30)32-20-11-15(28)6-7-16(14)20/h2-8,10-12,28H,9H2,1H3,(H,25,26). The van der Waals surface area contributed by atoms with Gasteiger partial charge in [0.15, 0.2) is 5.17 Å². The molecular formula is C24H17N3O6S. The molecule has 9 nitrogen and oxygen atoms in total. The fourth-order valence-corrected chi connectivity index (χ4v) is 4.38. The lowest BCUT2D eigenvalue weighted by molar-refractivity contribution is -0.128. The number of aromatic hydroxyl groups is 1. The molecule has 4 aromatic rings. The number of para-hydroxylation sites is 1. The third kappa shape index (κ3) is 3.95. The van der Waals surface area contributed by atoms with E-state index >= 15 is 0 Å². The van der Waals surface area contributed by atoms with Gasteiger partial charge in [0.1, 0.15) is 16.9 Å². The summed E-state index contributed by atoms with van der Waals surface area (Å²) in [6.07, 6.45) is -0.183. The summed E-state index contributed by atoms with van der Waals surface area (Å²) in [6.45, 7) is 0. The van der Waals surface area contributed by atoms with Crippen LogP contribution in [0.3, 0.4) is 0 Å². The Kier molecular flexibility index (Phi) is 5.42. The van der Waals surface area contributed by atoms with Gasteiger partial charge in [0.2, 0.25) is 5.91 Å². The van der Waals surface area contributed by atoms with Crippen molar-refractivity contribution in [3.63, 3.8) is 0 Å². The number of carbonyl (C=O) groups is 1. The van der Waals surface area contributed by atoms with Crippen LogP contribution in [-0.4, -0.2) is 28.2 Å². The first-order valence-corrected chi connectivity index (χ1v) is 11.0. The predicted octanol–water partition coefficient (Wildman–Crippen LogP) is 3.21. The Hall–Kier alpha value is -4.31. The van der Waals surface area contributed by atoms with Gasteiger partial charge in [0.25, 0.3) is 0 Å². The van der Waals surface area contributed by atoms with Gasteiger partial charge in [-0.15, -0.1) is 0 Å². The largest absolute Gasteiger partial charge is 0.508 e. The average Bonchev–Trinajstić information content (AvgIpc) is 2.82. The van der Waals surface area contributed by atoms with E-state index in [4.69, 9.17) is 8.83 Å². The smallest absolute Gasteiger partial charge is 0.345 e. The van der Waals surface area contributed by atoms with Crippen LogP contribution in [0.4, 0.5) is 0 Å². The number of aliphatic imine (C=N–C) groups is 1. The summed E-state index contributed by atoms with van der Waals surface area (Å²) in [5.41, 5.74) is 3.20. The van der Waals surface area contributed by atoms with E-state index in [0.717, 1.165) is 0 Å². The number of amidine groups is 1. The quantitative estimate of drug-likeness (QED) is 0.433. The molecule has 0 atom stereocenters. The van der Waals surface area contributed by atoms with Crippen molar-refractivity contribution in [1.82, 2.24) is 10.4 Å². The van der Waals surface area contributed by atoms with E-state index < -0.39 is 17.2 Å². The molecule has 0 aliphatic carbocycles. The van der Waals surface area contributed by atoms with E-state index in [1.54, 1.807) is 36.7 Å². The van der Waals surface area contributed by atoms with Gasteiger partial charge in [0.05, 0.1) is 17.7 Å². The Morgan fingerprint density at radius 3 is 2.74 bits per heavy atom. The molecule has 0 unspecified atom stereocenters. The number of fused-ring (bicyclic) bond motifs is 2. The van der Waals surface area contributed by atoms with Crippen LogP contribution in [0, 0.1) is 0 Å². The molecular weight excluding hydrogens is 458 g/mol. The maximum absolute atomic E-state index is 13.5. The minimum atomic E-state index is -0.648. The second-order valence-corrected chi connectivity index (χ2v) is 8.28. The summed E-state index contributed by atoms with van der Waals surface area (Å²) in [4.78, 5) is 42.4. The molecule has 1 aliphatic rings. The van der Waals surface area contributed by atoms with E-state index in [0.29, 0.717) is 32.8 Å². The molecule has 1 amide bonds. The Balaban J connectivity index is 1.57. The number of nitrogens with one attached hydrogen (secondary N) is 1. The zero-order chi connectivity index (χ0) is 23.8. The molecule has 0 bridgehead atoms. The molecule has 5 rings (SSSR count). The predicted molar refractivity (Wildman–Crippen MR) is 129 cm³/mol. The highest BCUT2D eigenvalue weighted by Crippen LogP contribution is 2.28. The lowest BCUT2D eigenvalue weighted by Gasteiger charge is -2.30. The minimum Gasteiger partial charge on any atom is -0.508 e. The third-order valence-corrected chi connectivity index (χ3v) is 6.09. The van der Waals surface area contributed by atoms with Crippen LogP contribution in [0.25, 0.3) is 27.6 Å². The Morgan fingerprint density at radius 1 is 1.09 bits per heavy atom. The number of thioether (sulfide) groups is 1. The van der Waals surface area contributed by atoms with Gasteiger partial charge >= 0.3 is 11.3 Å². The first kappa shape index (κ1) is 21.5. The van der Waals surface area contributed by atoms with Gasteiger partial charge in [-0.2, -0.15) is 0 Å². The van der Waals surface area contributed by atoms with E-state index in [1.165, 1.54) is 35.0 Å². The van der Waals surface area contributed by atoms with Crippen molar-refractivity contribution >= 4 is 50.5 Å². The number of nitrogens with zero attached hydrogens (tertiary/aromatic N) is 2. The number of phenolic OH excluding ortho intramolecular Hbond substituents is 1. The molecule has 2 aromatic heterocycles. The zero-order valence-electron chi connectivity index (χ0n) is 17.8. The molecule has 10 heteroatoms. The Bertz CT molecular complexity index is 1640. The van der Waals surface area contributed by atoms with Crippen molar-refractivity contribution in [2.75, 3.05) is 7.05 Å². The summed E-state index contributed by atoms with van der Waals surface area (Å²) in [5.74, 6) is -0.508. The molecule has 2 aromatic carbocycles. The maximum Gasteiger partial charge on any atom is 0.345 e. The van der Waals surface area contributed by atoms with E-state index in [-0.39, 0.29) is 23.3 Å². The summed E-state index contributed by atoms with van der Waals surface area (Å²) in [6, 6.07) is 14.3. The monoisotopic (exact) mass is 475 g/mol. The average molecular weight is 475 g/mol. The molecule has 170 valence electrons. The summed E-state index contributed by atoms with van der Waals surface area (Å²) >= 11 is 1.22. The number of carbonyl (C=O) groups excluding carboxylic acids is 1. The normalized spacial score (nSPS) is 14.9. The zero-order valence-corrected chi connectivity index (χ0v) is 18.6. The van der Waals surface area contributed by atoms with E-state index in [9.17, 15) is 19.5 Å². The van der Waals surface area contributed by atoms with Gasteiger partial charge in [0, 0.05) is 35.4 Å². The topological polar surface area (TPSA) is 125 Å². The molecule has 34 heavy (non-hydrogen) atoms. The maximum atomic E-state index is 13.5. The molecule has 1 aliphatic heterocycles. The molecule has 0 radical (unpaired) electrons. The number of hydrogen-bond donors (Lipinski definition) is 2. The number of amides is 1. The van der Waals surface area contributed by atoms with Gasteiger partial charge in [-0.05, 0) is 29.8 Å². The van der Waals surface area contributed by atoms with Crippen molar-refractivity contribution in [2.24, 2.45) is 4.99 Å². The first-order chi connectivity index (χ1) is 16.4. The first-order valence-electron chi connectivity index (χ1n) is 10.1. The van der Waals surface area contributed by atoms with Crippen molar-refractivity contribution in [3.05, 3.63) is 92.0 Å². The molecule has 0 saturated carbocycles. The van der Waals surface area contributed by atoms with Crippen LogP contribution in [0.5, 0.6) is 5.75 Å². The van der Waals surface area contributed by atoms with Crippen molar-refractivity contribution < 1.29 is 18.7 Å². The fraction of sp³-hybridized carbons (Fsp3) is 0.0833. The molecule has 0 saturated heterocycles. The Labute approximate surface area is 196 Å². The van der Waals surface area contributed by atoms with Crippen molar-refractivity contribution in [3.8, 4) is 5.75 Å². The number of hydrazine groups is 1. The molecule has 0 fully saturated rings. The third-order valence-electron chi connectivity index (χ3n) is 5.26. The number of hydrogen-bond acceptors (Lipinski definition) is 8. The Morgan fingerprint density at radius 2 is 1.91 bits per heavy atom. The fourth-order valence-electron chi connectivity index (χ4n) is 3.68. The molecule has 2 N–H and O–H groups in total. The lowest BCUT2D eigenvalue weighted by atomic mass is 10.1. The highest BCUT2D eigenvalue weighted by Gasteiger charge is 2.28. The highest BCUT2D eigenvalue weighted by atomic mass is 32.2. The van der Waals surface area contributed by atoms with Gasteiger partial charge in [-0.25, -0.2) is 14.6 Å². The molecule has 0 spiro atoms. The summed E-state index contributed by atoms with van der Waals surface area (Å²) in [5, 5.41) is 14.2. The lowest BCUT2D eigenvalue weighted by Crippen LogP contribution is -2.47. The summed E-state index contributed by atoms with van der Waals surface area (Å²) in [7, 11) is 1.57. The second kappa shape index (κ2) is 8.56. The van der Waals surface area contributed by atoms with Gasteiger partial charge in [-0.3, -0.25) is 15.2 Å². The molecule has 3 heterocycles. The van der Waals surface area contributed by atoms with Crippen LogP contribution in [-0.2, 0) is 11.2 Å². The van der Waals surface area contributed by atoms with Crippen LogP contribution in [0.2, 0.25) is 0 Å². The van der Waals surface area contributed by atoms with E-state index in [2.05, 4.69) is 10.4 Å². The van der Waals surface area contributed by atoms with Crippen LogP contribution < -0.4 is 16.7 Å². The van der Waals surface area contributed by atoms with E-state index in [1.807, 2.05) is 12.1 Å². The van der Waals surface area contributed by atoms with Gasteiger partial charge in [-0.1, -0.05) is 30.0 Å². The summed E-state index contributed by atoms with van der Waals surface area (Å²) < 4.78 is 10.6. The SMILES string of the molecule is CN=C1NN(C(=O)Cc2cc(=O)oc3cc(O)ccc23)C(c2cc3ccccc3oc2=O)=CS1. The van der Waals surface area contributed by atoms with Gasteiger partial charge < -0.3 is 13.9 Å². The van der Waals surface area contributed by atoms with Crippen LogP contribution in [0.1, 0.15) is 11.1 Å². The van der Waals surface area contributed by atoms with Crippen molar-refractivity contribution in [1.29, 1.82) is 0 Å². The minimum absolute atomic E-state index is 0.0640. The number of rotatable bonds is 3. The second-order valence-electron chi connectivity index (χ2n) is 7.42. The van der Waals surface area contributed by atoms with Crippen LogP contribution >= 0.6 is 11.8 Å². The van der Waals surface area contributed by atoms with Crippen LogP contribution in [0.15, 0.2) is 83.4 Å². The number of phenols is 1.